The van der Waals surface area contributed by atoms with Crippen molar-refractivity contribution in [2.24, 2.45) is 0 Å². The van der Waals surface area contributed by atoms with E-state index >= 15 is 0 Å². The lowest BCUT2D eigenvalue weighted by Crippen LogP contribution is -2.74. The highest BCUT2D eigenvalue weighted by Crippen LogP contribution is 2.34. The van der Waals surface area contributed by atoms with Crippen LogP contribution >= 0.6 is 0 Å². The number of hydrogen-bond donors (Lipinski definition) is 0. The van der Waals surface area contributed by atoms with Crippen LogP contribution in [0.1, 0.15) is 17.8 Å². The van der Waals surface area contributed by atoms with E-state index in [1.54, 1.807) is 69.8 Å². The van der Waals surface area contributed by atoms with Crippen LogP contribution in [0.5, 0.6) is 0 Å². The predicted molar refractivity (Wildman–Crippen MR) is 238 cm³/mol. The number of hydrogen-bond acceptors (Lipinski definition) is 3. The molecule has 3 aromatic heterocycles. The van der Waals surface area contributed by atoms with Crippen LogP contribution in [-0.2, 0) is 0 Å². The Balaban J connectivity index is 1.30. The molecule has 0 amide bonds. The predicted octanol–water partition coefficient (Wildman–Crippen LogP) is 9.11. The molecular formula is C51H35N5Si. The molecule has 0 aliphatic heterocycles. The molecule has 11 aromatic rings. The summed E-state index contributed by atoms with van der Waals surface area (Å²) in [6.07, 6.45) is 0. The molecule has 0 unspecified atom stereocenters. The van der Waals surface area contributed by atoms with Crippen molar-refractivity contribution in [2.75, 3.05) is 0 Å². The number of benzene rings is 8. The summed E-state index contributed by atoms with van der Waals surface area (Å²) in [6.45, 7) is 0. The highest BCUT2D eigenvalue weighted by atomic mass is 28.3. The Kier molecular flexibility index (Phi) is 5.23. The van der Waals surface area contributed by atoms with Gasteiger partial charge >= 0.3 is 0 Å². The molecule has 0 aliphatic carbocycles. The van der Waals surface area contributed by atoms with E-state index in [4.69, 9.17) is 27.3 Å². The van der Waals surface area contributed by atoms with Gasteiger partial charge in [0.25, 0.3) is 0 Å². The second-order valence-electron chi connectivity index (χ2n) is 13.5. The molecule has 268 valence electrons. The van der Waals surface area contributed by atoms with E-state index < -0.39 is 50.4 Å². The maximum absolute atomic E-state index is 9.47. The zero-order chi connectivity index (χ0) is 49.1. The standard InChI is InChI=1S/C51H35N5Si/c1-4-20-37(21-5-1)57(38-22-6-2-7-23-38,39-24-8-3-9-25-39)40-26-18-19-36(35-40)49-52-50(55-45-31-14-10-27-41(45)42-28-11-15-32-46(42)55)54-51(53-49)56-47-33-16-12-29-43(47)44-30-13-17-34-48(44)56/h1-35H/i1D,4D,5D,10D,12D,14D,16D,20D,21D,27D,29D,31D,33D. The molecule has 0 bridgehead atoms. The topological polar surface area (TPSA) is 48.5 Å². The van der Waals surface area contributed by atoms with E-state index in [-0.39, 0.29) is 81.0 Å². The maximum atomic E-state index is 9.47. The molecule has 0 spiro atoms. The van der Waals surface area contributed by atoms with Crippen molar-refractivity contribution in [3.05, 3.63) is 212 Å². The molecule has 6 heteroatoms. The first-order valence-corrected chi connectivity index (χ1v) is 20.2. The fraction of sp³-hybridized carbons (Fsp3) is 0. The molecule has 0 atom stereocenters. The molecular weight excluding hydrogens is 711 g/mol. The van der Waals surface area contributed by atoms with Gasteiger partial charge in [0, 0.05) is 27.1 Å². The van der Waals surface area contributed by atoms with Gasteiger partial charge in [-0.05, 0) is 45.0 Å². The molecule has 57 heavy (non-hydrogen) atoms. The Hall–Kier alpha value is -7.41. The monoisotopic (exact) mass is 758 g/mol. The quantitative estimate of drug-likeness (QED) is 0.120. The van der Waals surface area contributed by atoms with Crippen LogP contribution in [0.3, 0.4) is 0 Å². The van der Waals surface area contributed by atoms with Gasteiger partial charge in [0.05, 0.1) is 39.9 Å². The zero-order valence-corrected chi connectivity index (χ0v) is 30.9. The summed E-state index contributed by atoms with van der Waals surface area (Å²) >= 11 is 0. The summed E-state index contributed by atoms with van der Waals surface area (Å²) in [5.41, 5.74) is 1.48. The van der Waals surface area contributed by atoms with Gasteiger partial charge in [-0.25, -0.2) is 0 Å². The lowest BCUT2D eigenvalue weighted by atomic mass is 10.2. The van der Waals surface area contributed by atoms with Gasteiger partial charge < -0.3 is 0 Å². The highest BCUT2D eigenvalue weighted by Gasteiger charge is 2.41. The van der Waals surface area contributed by atoms with Crippen LogP contribution < -0.4 is 20.7 Å². The van der Waals surface area contributed by atoms with Crippen molar-refractivity contribution >= 4 is 72.4 Å². The first-order valence-electron chi connectivity index (χ1n) is 24.7. The largest absolute Gasteiger partial charge is 0.278 e. The van der Waals surface area contributed by atoms with Gasteiger partial charge in [-0.1, -0.05) is 188 Å². The number of aromatic nitrogens is 5. The first kappa shape index (κ1) is 22.2. The minimum absolute atomic E-state index is 0.0467. The van der Waals surface area contributed by atoms with Crippen molar-refractivity contribution in [3.8, 4) is 23.3 Å². The van der Waals surface area contributed by atoms with E-state index in [2.05, 4.69) is 0 Å². The van der Waals surface area contributed by atoms with Crippen molar-refractivity contribution < 1.29 is 17.8 Å². The van der Waals surface area contributed by atoms with Gasteiger partial charge in [-0.15, -0.1) is 0 Å². The van der Waals surface area contributed by atoms with E-state index in [0.717, 1.165) is 10.4 Å². The van der Waals surface area contributed by atoms with Crippen LogP contribution in [-0.4, -0.2) is 32.2 Å². The molecule has 8 aromatic carbocycles. The average molecular weight is 759 g/mol. The number of nitrogens with zero attached hydrogens (tertiary/aromatic N) is 5. The van der Waals surface area contributed by atoms with E-state index in [0.29, 0.717) is 32.6 Å². The summed E-state index contributed by atoms with van der Waals surface area (Å²) in [7, 11) is -3.92. The minimum Gasteiger partial charge on any atom is -0.278 e. The van der Waals surface area contributed by atoms with E-state index in [1.165, 1.54) is 0 Å². The van der Waals surface area contributed by atoms with Crippen LogP contribution in [0.15, 0.2) is 212 Å². The molecule has 3 heterocycles. The highest BCUT2D eigenvalue weighted by molar-refractivity contribution is 7.19. The fourth-order valence-corrected chi connectivity index (χ4v) is 12.5. The number of fused-ring (bicyclic) bond motifs is 6. The van der Waals surface area contributed by atoms with Crippen LogP contribution in [0.4, 0.5) is 0 Å². The molecule has 0 saturated carbocycles. The Bertz CT molecular complexity index is 3790. The normalized spacial score (nSPS) is 15.1. The third-order valence-corrected chi connectivity index (χ3v) is 15.0. The van der Waals surface area contributed by atoms with Crippen LogP contribution in [0, 0.1) is 0 Å². The summed E-state index contributed by atoms with van der Waals surface area (Å²) in [4.78, 5) is 15.3. The van der Waals surface area contributed by atoms with Gasteiger partial charge in [0.2, 0.25) is 11.9 Å². The van der Waals surface area contributed by atoms with Crippen LogP contribution in [0.2, 0.25) is 0 Å². The SMILES string of the molecule is [2H]c1c([2H])c([2H])c([Si](c2ccccc2)(c2ccccc2)c2cccc(-c3nc(-n4c5ccccc5c5c([2H])c([2H])c([2H])c([2H])c54)nc(-n4c5ccccc5c5c([2H])c([2H])c([2H])c([2H])c54)n3)c2)c([2H])c1[2H]. The van der Waals surface area contributed by atoms with Gasteiger partial charge in [-0.2, -0.15) is 15.0 Å². The Morgan fingerprint density at radius 1 is 0.368 bits per heavy atom. The van der Waals surface area contributed by atoms with Gasteiger partial charge in [0.1, 0.15) is 0 Å². The van der Waals surface area contributed by atoms with Crippen molar-refractivity contribution in [1.82, 2.24) is 24.1 Å². The summed E-state index contributed by atoms with van der Waals surface area (Å²) in [5, 5.41) is 3.68. The second kappa shape index (κ2) is 13.4. The number of para-hydroxylation sites is 4. The van der Waals surface area contributed by atoms with Gasteiger partial charge in [0.15, 0.2) is 13.9 Å². The molecule has 0 saturated heterocycles. The molecule has 0 aliphatic rings. The average Bonchev–Trinajstić information content (AvgIpc) is 3.93. The van der Waals surface area contributed by atoms with Crippen molar-refractivity contribution in [3.63, 3.8) is 0 Å². The zero-order valence-electron chi connectivity index (χ0n) is 42.9. The maximum Gasteiger partial charge on any atom is 0.240 e. The second-order valence-corrected chi connectivity index (χ2v) is 17.2. The lowest BCUT2D eigenvalue weighted by Gasteiger charge is -2.34. The summed E-state index contributed by atoms with van der Waals surface area (Å²) in [6, 6.07) is 34.9. The smallest absolute Gasteiger partial charge is 0.240 e. The third kappa shape index (κ3) is 5.19. The molecule has 5 nitrogen and oxygen atoms in total. The number of rotatable bonds is 7. The fourth-order valence-electron chi connectivity index (χ4n) is 8.07. The Morgan fingerprint density at radius 3 is 1.40 bits per heavy atom. The summed E-state index contributed by atoms with van der Waals surface area (Å²) in [5.74, 6) is -0.104. The first-order chi connectivity index (χ1) is 33.7. The van der Waals surface area contributed by atoms with Gasteiger partial charge in [-0.3, -0.25) is 9.13 Å². The van der Waals surface area contributed by atoms with Crippen molar-refractivity contribution in [2.45, 2.75) is 0 Å². The molecule has 0 radical (unpaired) electrons. The Labute approximate surface area is 349 Å². The Morgan fingerprint density at radius 2 is 0.842 bits per heavy atom. The van der Waals surface area contributed by atoms with E-state index in [9.17, 15) is 5.48 Å². The van der Waals surface area contributed by atoms with Crippen molar-refractivity contribution in [1.29, 1.82) is 0 Å². The van der Waals surface area contributed by atoms with Crippen LogP contribution in [0.25, 0.3) is 66.9 Å². The third-order valence-electron chi connectivity index (χ3n) is 10.5. The van der Waals surface area contributed by atoms with E-state index in [1.807, 2.05) is 72.8 Å². The lowest BCUT2D eigenvalue weighted by molar-refractivity contribution is 0.893. The molecule has 0 fully saturated rings. The molecule has 0 N–H and O–H groups in total. The minimum atomic E-state index is -3.92. The molecule has 11 rings (SSSR count). The summed E-state index contributed by atoms with van der Waals surface area (Å²) < 4.78 is 120.